The Kier molecular flexibility index (Phi) is 5.09. The van der Waals surface area contributed by atoms with Crippen LogP contribution in [0.15, 0.2) is 18.2 Å². The molecule has 0 aliphatic carbocycles. The van der Waals surface area contributed by atoms with Crippen molar-refractivity contribution in [2.45, 2.75) is 25.9 Å². The molecule has 3 heteroatoms. The summed E-state index contributed by atoms with van der Waals surface area (Å²) in [5, 5.41) is 10.3. The lowest BCUT2D eigenvalue weighted by molar-refractivity contribution is 0.0595. The Morgan fingerprint density at radius 3 is 2.80 bits per heavy atom. The summed E-state index contributed by atoms with van der Waals surface area (Å²) in [6.07, 6.45) is 1.18. The zero-order valence-electron chi connectivity index (χ0n) is 9.16. The Hall–Kier alpha value is -0.570. The van der Waals surface area contributed by atoms with Gasteiger partial charge in [0.1, 0.15) is 0 Å². The Morgan fingerprint density at radius 1 is 1.47 bits per heavy atom. The van der Waals surface area contributed by atoms with Gasteiger partial charge in [-0.25, -0.2) is 0 Å². The number of rotatable bonds is 5. The van der Waals surface area contributed by atoms with E-state index in [1.165, 1.54) is 5.56 Å². The molecule has 0 aromatic heterocycles. The molecule has 0 saturated carbocycles. The van der Waals surface area contributed by atoms with Gasteiger partial charge in [-0.1, -0.05) is 23.7 Å². The molecule has 15 heavy (non-hydrogen) atoms. The Balaban J connectivity index is 2.47. The molecule has 1 rings (SSSR count). The third-order valence-electron chi connectivity index (χ3n) is 2.35. The molecule has 0 radical (unpaired) electrons. The van der Waals surface area contributed by atoms with Gasteiger partial charge in [0, 0.05) is 12.1 Å². The van der Waals surface area contributed by atoms with Crippen molar-refractivity contribution in [3.8, 4) is 0 Å². The van der Waals surface area contributed by atoms with Crippen LogP contribution >= 0.6 is 11.6 Å². The van der Waals surface area contributed by atoms with Gasteiger partial charge in [-0.3, -0.25) is 0 Å². The highest BCUT2D eigenvalue weighted by Gasteiger charge is 2.04. The number of benzene rings is 1. The Bertz CT molecular complexity index is 312. The van der Waals surface area contributed by atoms with Crippen molar-refractivity contribution in [1.82, 2.24) is 0 Å². The van der Waals surface area contributed by atoms with E-state index in [2.05, 4.69) is 6.07 Å². The van der Waals surface area contributed by atoms with E-state index < -0.39 is 0 Å². The largest absolute Gasteiger partial charge is 0.391 e. The first-order valence-electron chi connectivity index (χ1n) is 5.05. The molecule has 0 heterocycles. The van der Waals surface area contributed by atoms with Crippen LogP contribution in [-0.2, 0) is 11.2 Å². The number of halogens is 1. The van der Waals surface area contributed by atoms with Gasteiger partial charge in [0.15, 0.2) is 0 Å². The van der Waals surface area contributed by atoms with Gasteiger partial charge >= 0.3 is 0 Å². The van der Waals surface area contributed by atoms with Crippen molar-refractivity contribution in [3.05, 3.63) is 34.3 Å². The summed E-state index contributed by atoms with van der Waals surface area (Å²) in [5.41, 5.74) is 2.28. The highest BCUT2D eigenvalue weighted by Crippen LogP contribution is 2.17. The molecular formula is C12H17ClO2. The van der Waals surface area contributed by atoms with Crippen LogP contribution in [0, 0.1) is 6.92 Å². The Labute approximate surface area is 95.8 Å². The topological polar surface area (TPSA) is 29.5 Å². The first-order valence-corrected chi connectivity index (χ1v) is 5.43. The summed E-state index contributed by atoms with van der Waals surface area (Å²) in [7, 11) is 1.59. The summed E-state index contributed by atoms with van der Waals surface area (Å²) in [5.74, 6) is 0. The number of hydrogen-bond acceptors (Lipinski definition) is 2. The van der Waals surface area contributed by atoms with Crippen molar-refractivity contribution >= 4 is 11.6 Å². The van der Waals surface area contributed by atoms with Gasteiger partial charge in [-0.15, -0.1) is 0 Å². The van der Waals surface area contributed by atoms with Crippen LogP contribution in [0.3, 0.4) is 0 Å². The molecule has 0 spiro atoms. The average Bonchev–Trinajstić information content (AvgIpc) is 2.20. The van der Waals surface area contributed by atoms with Crippen LogP contribution in [0.25, 0.3) is 0 Å². The minimum absolute atomic E-state index is 0.383. The highest BCUT2D eigenvalue weighted by atomic mass is 35.5. The summed E-state index contributed by atoms with van der Waals surface area (Å²) >= 11 is 5.92. The normalized spacial score (nSPS) is 12.8. The number of aliphatic hydroxyl groups is 1. The summed E-state index contributed by atoms with van der Waals surface area (Å²) in [6.45, 7) is 2.38. The molecule has 2 nitrogen and oxygen atoms in total. The van der Waals surface area contributed by atoms with Crippen LogP contribution in [0.1, 0.15) is 17.5 Å². The van der Waals surface area contributed by atoms with E-state index in [0.717, 1.165) is 23.4 Å². The maximum atomic E-state index is 9.48. The van der Waals surface area contributed by atoms with Gasteiger partial charge in [0.25, 0.3) is 0 Å². The number of aliphatic hydroxyl groups excluding tert-OH is 1. The molecular weight excluding hydrogens is 212 g/mol. The molecule has 0 saturated heterocycles. The lowest BCUT2D eigenvalue weighted by Crippen LogP contribution is -2.14. The molecule has 1 atom stereocenters. The Morgan fingerprint density at radius 2 is 2.20 bits per heavy atom. The summed E-state index contributed by atoms with van der Waals surface area (Å²) < 4.78 is 4.86. The minimum Gasteiger partial charge on any atom is -0.391 e. The van der Waals surface area contributed by atoms with E-state index >= 15 is 0 Å². The lowest BCUT2D eigenvalue weighted by atomic mass is 10.0. The van der Waals surface area contributed by atoms with Crippen LogP contribution in [0.2, 0.25) is 5.02 Å². The van der Waals surface area contributed by atoms with Crippen LogP contribution in [-0.4, -0.2) is 24.9 Å². The van der Waals surface area contributed by atoms with Gasteiger partial charge in [0.2, 0.25) is 0 Å². The summed E-state index contributed by atoms with van der Waals surface area (Å²) in [6, 6.07) is 5.95. The van der Waals surface area contributed by atoms with E-state index in [0.29, 0.717) is 6.61 Å². The van der Waals surface area contributed by atoms with Crippen molar-refractivity contribution in [3.63, 3.8) is 0 Å². The van der Waals surface area contributed by atoms with Gasteiger partial charge < -0.3 is 9.84 Å². The van der Waals surface area contributed by atoms with E-state index in [9.17, 15) is 5.11 Å². The average molecular weight is 229 g/mol. The smallest absolute Gasteiger partial charge is 0.0776 e. The third kappa shape index (κ3) is 4.20. The second kappa shape index (κ2) is 6.11. The zero-order chi connectivity index (χ0) is 11.3. The molecule has 0 fully saturated rings. The summed E-state index contributed by atoms with van der Waals surface area (Å²) in [4.78, 5) is 0. The highest BCUT2D eigenvalue weighted by molar-refractivity contribution is 6.31. The fourth-order valence-electron chi connectivity index (χ4n) is 1.47. The van der Waals surface area contributed by atoms with Crippen molar-refractivity contribution in [2.75, 3.05) is 13.7 Å². The van der Waals surface area contributed by atoms with Gasteiger partial charge in [-0.2, -0.15) is 0 Å². The molecule has 84 valence electrons. The van der Waals surface area contributed by atoms with E-state index in [-0.39, 0.29) is 6.10 Å². The third-order valence-corrected chi connectivity index (χ3v) is 2.77. The van der Waals surface area contributed by atoms with Gasteiger partial charge in [-0.05, 0) is 37.0 Å². The number of ether oxygens (including phenoxy) is 1. The van der Waals surface area contributed by atoms with Crippen molar-refractivity contribution in [2.24, 2.45) is 0 Å². The fourth-order valence-corrected chi connectivity index (χ4v) is 1.59. The molecule has 0 aliphatic heterocycles. The number of aryl methyl sites for hydroxylation is 2. The van der Waals surface area contributed by atoms with E-state index in [1.807, 2.05) is 19.1 Å². The molecule has 1 aromatic carbocycles. The standard InChI is InChI=1S/C12H17ClO2/c1-9-7-10(4-6-12(9)13)3-5-11(14)8-15-2/h4,6-7,11,14H,3,5,8H2,1-2H3. The first-order chi connectivity index (χ1) is 7.13. The SMILES string of the molecule is COCC(O)CCc1ccc(Cl)c(C)c1. The monoisotopic (exact) mass is 228 g/mol. The quantitative estimate of drug-likeness (QED) is 0.840. The van der Waals surface area contributed by atoms with Crippen LogP contribution in [0.5, 0.6) is 0 Å². The predicted molar refractivity (Wildman–Crippen MR) is 62.4 cm³/mol. The van der Waals surface area contributed by atoms with Crippen molar-refractivity contribution < 1.29 is 9.84 Å². The van der Waals surface area contributed by atoms with Crippen LogP contribution in [0.4, 0.5) is 0 Å². The molecule has 1 unspecified atom stereocenters. The first kappa shape index (κ1) is 12.5. The zero-order valence-corrected chi connectivity index (χ0v) is 9.92. The number of methoxy groups -OCH3 is 1. The number of hydrogen-bond donors (Lipinski definition) is 1. The molecule has 1 N–H and O–H groups in total. The van der Waals surface area contributed by atoms with Crippen molar-refractivity contribution in [1.29, 1.82) is 0 Å². The lowest BCUT2D eigenvalue weighted by Gasteiger charge is -2.09. The maximum Gasteiger partial charge on any atom is 0.0776 e. The predicted octanol–water partition coefficient (Wildman–Crippen LogP) is 2.59. The van der Waals surface area contributed by atoms with Crippen LogP contribution < -0.4 is 0 Å². The second-order valence-electron chi connectivity index (χ2n) is 3.73. The van der Waals surface area contributed by atoms with E-state index in [1.54, 1.807) is 7.11 Å². The molecule has 0 bridgehead atoms. The molecule has 0 amide bonds. The fraction of sp³-hybridized carbons (Fsp3) is 0.500. The molecule has 1 aromatic rings. The second-order valence-corrected chi connectivity index (χ2v) is 4.14. The minimum atomic E-state index is -0.383. The maximum absolute atomic E-state index is 9.48. The molecule has 0 aliphatic rings. The van der Waals surface area contributed by atoms with Gasteiger partial charge in [0.05, 0.1) is 12.7 Å². The van der Waals surface area contributed by atoms with E-state index in [4.69, 9.17) is 16.3 Å².